The number of nitrogens with one attached hydrogen (secondary N) is 1. The number of fused-ring (bicyclic) bond motifs is 2. The number of hydrogen-bond acceptors (Lipinski definition) is 2. The smallest absolute Gasteiger partial charge is 0.317 e. The van der Waals surface area contributed by atoms with Crippen LogP contribution in [0.2, 0.25) is 0 Å². The van der Waals surface area contributed by atoms with Gasteiger partial charge in [0, 0.05) is 32.4 Å². The highest BCUT2D eigenvalue weighted by atomic mass is 16.2. The summed E-state index contributed by atoms with van der Waals surface area (Å²) in [5, 5.41) is 7.24. The number of rotatable bonds is 3. The fourth-order valence-electron chi connectivity index (χ4n) is 4.71. The van der Waals surface area contributed by atoms with E-state index in [2.05, 4.69) is 36.1 Å². The predicted molar refractivity (Wildman–Crippen MR) is 86.5 cm³/mol. The first-order valence-electron chi connectivity index (χ1n) is 8.28. The number of aryl methyl sites for hydroxylation is 1. The van der Waals surface area contributed by atoms with Crippen LogP contribution in [0, 0.1) is 10.8 Å². The zero-order valence-electron chi connectivity index (χ0n) is 14.2. The zero-order valence-corrected chi connectivity index (χ0v) is 14.2. The van der Waals surface area contributed by atoms with E-state index < -0.39 is 0 Å². The molecule has 1 aromatic heterocycles. The summed E-state index contributed by atoms with van der Waals surface area (Å²) in [5.41, 5.74) is 1.81. The van der Waals surface area contributed by atoms with Crippen LogP contribution >= 0.6 is 0 Å². The van der Waals surface area contributed by atoms with Crippen LogP contribution in [0.3, 0.4) is 0 Å². The van der Waals surface area contributed by atoms with Crippen LogP contribution in [-0.4, -0.2) is 39.8 Å². The van der Waals surface area contributed by atoms with Gasteiger partial charge < -0.3 is 10.2 Å². The molecule has 1 N–H and O–H groups in total. The van der Waals surface area contributed by atoms with Crippen LogP contribution in [0.5, 0.6) is 0 Å². The molecule has 22 heavy (non-hydrogen) atoms. The summed E-state index contributed by atoms with van der Waals surface area (Å²) < 4.78 is 1.80. The average Bonchev–Trinajstić information content (AvgIpc) is 2.89. The van der Waals surface area contributed by atoms with Gasteiger partial charge in [0.15, 0.2) is 0 Å². The van der Waals surface area contributed by atoms with Crippen molar-refractivity contribution in [3.63, 3.8) is 0 Å². The Hall–Kier alpha value is -1.52. The predicted octanol–water partition coefficient (Wildman–Crippen LogP) is 2.57. The Bertz CT molecular complexity index is 565. The van der Waals surface area contributed by atoms with Gasteiger partial charge in [0.2, 0.25) is 0 Å². The first kappa shape index (κ1) is 15.4. The summed E-state index contributed by atoms with van der Waals surface area (Å²) in [5.74, 6) is 0. The summed E-state index contributed by atoms with van der Waals surface area (Å²) in [6, 6.07) is 0.516. The Morgan fingerprint density at radius 3 is 2.86 bits per heavy atom. The second-order valence-electron chi connectivity index (χ2n) is 8.35. The van der Waals surface area contributed by atoms with E-state index in [4.69, 9.17) is 0 Å². The molecule has 0 radical (unpaired) electrons. The molecular weight excluding hydrogens is 276 g/mol. The summed E-state index contributed by atoms with van der Waals surface area (Å²) in [4.78, 5) is 14.6. The Morgan fingerprint density at radius 2 is 2.18 bits per heavy atom. The summed E-state index contributed by atoms with van der Waals surface area (Å²) in [7, 11) is 1.91. The van der Waals surface area contributed by atoms with Gasteiger partial charge in [0.25, 0.3) is 0 Å². The average molecular weight is 304 g/mol. The maximum absolute atomic E-state index is 12.5. The fraction of sp³-hybridized carbons (Fsp3) is 0.765. The fourth-order valence-corrected chi connectivity index (χ4v) is 4.71. The number of likely N-dealkylation sites (tertiary alicyclic amines) is 1. The molecule has 1 aromatic rings. The number of aromatic nitrogens is 2. The van der Waals surface area contributed by atoms with Gasteiger partial charge in [-0.25, -0.2) is 4.79 Å². The van der Waals surface area contributed by atoms with Crippen LogP contribution in [-0.2, 0) is 13.5 Å². The largest absolute Gasteiger partial charge is 0.338 e. The van der Waals surface area contributed by atoms with Crippen molar-refractivity contribution in [3.05, 3.63) is 18.0 Å². The van der Waals surface area contributed by atoms with Crippen LogP contribution < -0.4 is 5.32 Å². The molecule has 1 aliphatic carbocycles. The number of amides is 2. The van der Waals surface area contributed by atoms with Gasteiger partial charge in [-0.3, -0.25) is 4.68 Å². The molecule has 5 nitrogen and oxygen atoms in total. The van der Waals surface area contributed by atoms with Crippen molar-refractivity contribution in [1.29, 1.82) is 0 Å². The molecule has 1 aliphatic heterocycles. The van der Waals surface area contributed by atoms with E-state index in [0.717, 1.165) is 31.4 Å². The van der Waals surface area contributed by atoms with E-state index in [1.54, 1.807) is 4.68 Å². The lowest BCUT2D eigenvalue weighted by molar-refractivity contribution is 0.129. The van der Waals surface area contributed by atoms with Gasteiger partial charge in [-0.1, -0.05) is 20.8 Å². The molecule has 2 atom stereocenters. The van der Waals surface area contributed by atoms with Gasteiger partial charge in [-0.2, -0.15) is 5.10 Å². The van der Waals surface area contributed by atoms with E-state index in [1.807, 2.05) is 19.4 Å². The van der Waals surface area contributed by atoms with Crippen molar-refractivity contribution < 1.29 is 4.79 Å². The number of carbonyl (C=O) groups is 1. The minimum atomic E-state index is 0.107. The molecule has 0 spiro atoms. The molecule has 2 aliphatic rings. The lowest BCUT2D eigenvalue weighted by atomic mass is 9.65. The highest BCUT2D eigenvalue weighted by molar-refractivity contribution is 5.75. The maximum Gasteiger partial charge on any atom is 0.317 e. The quantitative estimate of drug-likeness (QED) is 0.933. The number of urea groups is 1. The second-order valence-corrected chi connectivity index (χ2v) is 8.35. The van der Waals surface area contributed by atoms with E-state index in [9.17, 15) is 4.79 Å². The lowest BCUT2D eigenvalue weighted by Gasteiger charge is -2.39. The first-order chi connectivity index (χ1) is 10.3. The Kier molecular flexibility index (Phi) is 3.69. The van der Waals surface area contributed by atoms with E-state index in [0.29, 0.717) is 23.4 Å². The van der Waals surface area contributed by atoms with Crippen molar-refractivity contribution in [2.75, 3.05) is 13.1 Å². The molecule has 2 bridgehead atoms. The number of nitrogens with zero attached hydrogens (tertiary/aromatic N) is 3. The van der Waals surface area contributed by atoms with Crippen molar-refractivity contribution in [2.24, 2.45) is 17.9 Å². The minimum Gasteiger partial charge on any atom is -0.338 e. The maximum atomic E-state index is 12.5. The normalized spacial score (nSPS) is 29.6. The molecule has 0 unspecified atom stereocenters. The Labute approximate surface area is 133 Å². The van der Waals surface area contributed by atoms with E-state index >= 15 is 0 Å². The minimum absolute atomic E-state index is 0.107. The van der Waals surface area contributed by atoms with Gasteiger partial charge >= 0.3 is 6.03 Å². The van der Waals surface area contributed by atoms with E-state index in [-0.39, 0.29) is 6.03 Å². The summed E-state index contributed by atoms with van der Waals surface area (Å²) >= 11 is 0. The molecule has 122 valence electrons. The monoisotopic (exact) mass is 304 g/mol. The van der Waals surface area contributed by atoms with Gasteiger partial charge in [0.1, 0.15) is 0 Å². The molecule has 3 rings (SSSR count). The molecule has 1 saturated heterocycles. The number of hydrogen-bond donors (Lipinski definition) is 1. The second kappa shape index (κ2) is 5.28. The highest BCUT2D eigenvalue weighted by Gasteiger charge is 2.50. The Morgan fingerprint density at radius 1 is 1.41 bits per heavy atom. The van der Waals surface area contributed by atoms with Crippen LogP contribution in [0.4, 0.5) is 4.79 Å². The first-order valence-corrected chi connectivity index (χ1v) is 8.28. The molecule has 5 heteroatoms. The molecule has 2 amide bonds. The molecule has 2 heterocycles. The lowest BCUT2D eigenvalue weighted by Crippen LogP contribution is -2.44. The molecule has 1 saturated carbocycles. The van der Waals surface area contributed by atoms with E-state index in [1.165, 1.54) is 6.42 Å². The molecule has 0 aromatic carbocycles. The third-order valence-corrected chi connectivity index (χ3v) is 5.12. The van der Waals surface area contributed by atoms with Crippen molar-refractivity contribution in [1.82, 2.24) is 20.0 Å². The molecular formula is C17H28N4O. The standard InChI is InChI=1S/C17H28N4O/c1-16(2)7-14-8-17(3,11-16)12-21(14)15(22)18-6-5-13-9-19-20(4)10-13/h9-10,14H,5-8,11-12H2,1-4H3,(H,18,22)/t14-,17-/m1/s1. The van der Waals surface area contributed by atoms with Crippen molar-refractivity contribution in [3.8, 4) is 0 Å². The third-order valence-electron chi connectivity index (χ3n) is 5.12. The van der Waals surface area contributed by atoms with Crippen LogP contribution in [0.15, 0.2) is 12.4 Å². The van der Waals surface area contributed by atoms with Crippen molar-refractivity contribution >= 4 is 6.03 Å². The summed E-state index contributed by atoms with van der Waals surface area (Å²) in [6.45, 7) is 8.58. The Balaban J connectivity index is 1.55. The van der Waals surface area contributed by atoms with Crippen molar-refractivity contribution in [2.45, 2.75) is 52.5 Å². The number of carbonyl (C=O) groups excluding carboxylic acids is 1. The van der Waals surface area contributed by atoms with Crippen LogP contribution in [0.1, 0.15) is 45.6 Å². The molecule has 2 fully saturated rings. The summed E-state index contributed by atoms with van der Waals surface area (Å²) in [6.07, 6.45) is 8.19. The zero-order chi connectivity index (χ0) is 16.0. The van der Waals surface area contributed by atoms with Gasteiger partial charge in [0.05, 0.1) is 6.20 Å². The highest BCUT2D eigenvalue weighted by Crippen LogP contribution is 2.52. The van der Waals surface area contributed by atoms with Gasteiger partial charge in [-0.15, -0.1) is 0 Å². The van der Waals surface area contributed by atoms with Crippen LogP contribution in [0.25, 0.3) is 0 Å². The topological polar surface area (TPSA) is 50.2 Å². The van der Waals surface area contributed by atoms with Gasteiger partial charge in [-0.05, 0) is 42.1 Å². The third kappa shape index (κ3) is 3.13. The SMILES string of the molecule is Cn1cc(CCNC(=O)N2C[C@]3(C)C[C@H]2CC(C)(C)C3)cn1.